The van der Waals surface area contributed by atoms with E-state index < -0.39 is 6.23 Å². The molecule has 0 bridgehead atoms. The number of fused-ring (bicyclic) bond motifs is 3. The Morgan fingerprint density at radius 3 is 2.21 bits per heavy atom. The van der Waals surface area contributed by atoms with E-state index in [0.29, 0.717) is 17.9 Å². The van der Waals surface area contributed by atoms with Gasteiger partial charge in [-0.2, -0.15) is 0 Å². The second-order valence-corrected chi connectivity index (χ2v) is 6.96. The van der Waals surface area contributed by atoms with Crippen LogP contribution >= 0.6 is 0 Å². The highest BCUT2D eigenvalue weighted by Gasteiger charge is 2.36. The van der Waals surface area contributed by atoms with Crippen LogP contribution in [-0.2, 0) is 6.54 Å². The maximum Gasteiger partial charge on any atom is 0.261 e. The molecule has 0 fully saturated rings. The van der Waals surface area contributed by atoms with E-state index >= 15 is 0 Å². The summed E-state index contributed by atoms with van der Waals surface area (Å²) in [4.78, 5) is 15.5. The van der Waals surface area contributed by atoms with Crippen molar-refractivity contribution in [2.45, 2.75) is 12.8 Å². The lowest BCUT2D eigenvalue weighted by molar-refractivity contribution is 0.00513. The van der Waals surface area contributed by atoms with Crippen LogP contribution in [0.25, 0.3) is 10.8 Å². The van der Waals surface area contributed by atoms with Crippen molar-refractivity contribution in [2.75, 3.05) is 0 Å². The van der Waals surface area contributed by atoms with E-state index in [2.05, 4.69) is 0 Å². The van der Waals surface area contributed by atoms with Crippen LogP contribution in [0.15, 0.2) is 97.1 Å². The van der Waals surface area contributed by atoms with Crippen LogP contribution in [-0.4, -0.2) is 10.8 Å². The molecule has 4 aromatic rings. The average molecular weight is 365 g/mol. The summed E-state index contributed by atoms with van der Waals surface area (Å²) in [5.41, 5.74) is 2.68. The molecule has 0 saturated heterocycles. The van der Waals surface area contributed by atoms with Gasteiger partial charge < -0.3 is 4.74 Å². The number of ether oxygens (including phenoxy) is 1. The first-order valence-corrected chi connectivity index (χ1v) is 9.39. The normalized spacial score (nSPS) is 15.9. The number of nitrogens with zero attached hydrogens (tertiary/aromatic N) is 1. The number of amides is 1. The predicted molar refractivity (Wildman–Crippen MR) is 110 cm³/mol. The molecule has 0 aromatic heterocycles. The van der Waals surface area contributed by atoms with Gasteiger partial charge in [0.25, 0.3) is 5.91 Å². The van der Waals surface area contributed by atoms with E-state index in [0.717, 1.165) is 21.9 Å². The zero-order valence-electron chi connectivity index (χ0n) is 15.3. The standard InChI is InChI=1S/C25H19NO2/c27-24-23-21-14-8-7-11-19(21)15-16-22(23)28-25(20-12-5-2-6-13-20)26(24)17-18-9-3-1-4-10-18/h1-16,25H,17H2. The van der Waals surface area contributed by atoms with Crippen molar-refractivity contribution in [3.8, 4) is 5.75 Å². The Labute approximate surface area is 163 Å². The molecule has 1 atom stereocenters. The van der Waals surface area contributed by atoms with Crippen molar-refractivity contribution in [3.63, 3.8) is 0 Å². The van der Waals surface area contributed by atoms with Gasteiger partial charge in [-0.3, -0.25) is 9.69 Å². The summed E-state index contributed by atoms with van der Waals surface area (Å²) in [7, 11) is 0. The summed E-state index contributed by atoms with van der Waals surface area (Å²) >= 11 is 0. The van der Waals surface area contributed by atoms with Gasteiger partial charge >= 0.3 is 0 Å². The monoisotopic (exact) mass is 365 g/mol. The number of hydrogen-bond acceptors (Lipinski definition) is 2. The lowest BCUT2D eigenvalue weighted by atomic mass is 9.99. The highest BCUT2D eigenvalue weighted by molar-refractivity contribution is 6.10. The molecule has 1 amide bonds. The van der Waals surface area contributed by atoms with Crippen molar-refractivity contribution in [1.82, 2.24) is 4.90 Å². The Hall–Kier alpha value is -3.59. The van der Waals surface area contributed by atoms with Gasteiger partial charge in [0.05, 0.1) is 5.56 Å². The molecule has 1 aliphatic heterocycles. The van der Waals surface area contributed by atoms with Crippen molar-refractivity contribution in [3.05, 3.63) is 114 Å². The molecule has 28 heavy (non-hydrogen) atoms. The number of hydrogen-bond donors (Lipinski definition) is 0. The number of carbonyl (C=O) groups is 1. The molecule has 0 N–H and O–H groups in total. The Bertz CT molecular complexity index is 1140. The van der Waals surface area contributed by atoms with E-state index in [1.165, 1.54) is 0 Å². The fraction of sp³-hybridized carbons (Fsp3) is 0.0800. The van der Waals surface area contributed by atoms with Gasteiger partial charge in [0, 0.05) is 12.1 Å². The topological polar surface area (TPSA) is 29.5 Å². The Balaban J connectivity index is 1.65. The molecular formula is C25H19NO2. The lowest BCUT2D eigenvalue weighted by Gasteiger charge is -2.37. The smallest absolute Gasteiger partial charge is 0.261 e. The van der Waals surface area contributed by atoms with E-state index in [4.69, 9.17) is 4.74 Å². The average Bonchev–Trinajstić information content (AvgIpc) is 2.76. The third-order valence-corrected chi connectivity index (χ3v) is 5.17. The summed E-state index contributed by atoms with van der Waals surface area (Å²) in [5.74, 6) is 0.637. The zero-order chi connectivity index (χ0) is 18.9. The third kappa shape index (κ3) is 2.81. The van der Waals surface area contributed by atoms with Gasteiger partial charge in [0.1, 0.15) is 5.75 Å². The summed E-state index contributed by atoms with van der Waals surface area (Å²) in [5, 5.41) is 1.96. The van der Waals surface area contributed by atoms with Gasteiger partial charge in [-0.1, -0.05) is 91.0 Å². The highest BCUT2D eigenvalue weighted by atomic mass is 16.5. The minimum Gasteiger partial charge on any atom is -0.465 e. The van der Waals surface area contributed by atoms with Crippen LogP contribution in [0.3, 0.4) is 0 Å². The largest absolute Gasteiger partial charge is 0.465 e. The minimum atomic E-state index is -0.456. The third-order valence-electron chi connectivity index (χ3n) is 5.17. The van der Waals surface area contributed by atoms with Crippen molar-refractivity contribution in [1.29, 1.82) is 0 Å². The van der Waals surface area contributed by atoms with Gasteiger partial charge in [-0.25, -0.2) is 0 Å². The number of rotatable bonds is 3. The Morgan fingerprint density at radius 2 is 1.43 bits per heavy atom. The quantitative estimate of drug-likeness (QED) is 0.475. The molecule has 3 nitrogen and oxygen atoms in total. The van der Waals surface area contributed by atoms with Gasteiger partial charge in [0.15, 0.2) is 0 Å². The fourth-order valence-corrected chi connectivity index (χ4v) is 3.80. The van der Waals surface area contributed by atoms with Gasteiger partial charge in [0.2, 0.25) is 6.23 Å². The predicted octanol–water partition coefficient (Wildman–Crippen LogP) is 5.57. The second kappa shape index (κ2) is 6.86. The molecule has 3 heteroatoms. The van der Waals surface area contributed by atoms with Gasteiger partial charge in [-0.05, 0) is 22.4 Å². The molecule has 5 rings (SSSR count). The molecule has 0 radical (unpaired) electrons. The molecular weight excluding hydrogens is 346 g/mol. The second-order valence-electron chi connectivity index (χ2n) is 6.96. The molecule has 0 aliphatic carbocycles. The van der Waals surface area contributed by atoms with Crippen LogP contribution in [0, 0.1) is 0 Å². The van der Waals surface area contributed by atoms with Crippen LogP contribution in [0.5, 0.6) is 5.75 Å². The van der Waals surface area contributed by atoms with Gasteiger partial charge in [-0.15, -0.1) is 0 Å². The highest BCUT2D eigenvalue weighted by Crippen LogP contribution is 2.39. The Morgan fingerprint density at radius 1 is 0.750 bits per heavy atom. The minimum absolute atomic E-state index is 0.00393. The van der Waals surface area contributed by atoms with Crippen molar-refractivity contribution >= 4 is 16.7 Å². The van der Waals surface area contributed by atoms with Crippen LogP contribution in [0.1, 0.15) is 27.7 Å². The van der Waals surface area contributed by atoms with Crippen molar-refractivity contribution in [2.24, 2.45) is 0 Å². The van der Waals surface area contributed by atoms with Crippen molar-refractivity contribution < 1.29 is 9.53 Å². The lowest BCUT2D eigenvalue weighted by Crippen LogP contribution is -2.41. The van der Waals surface area contributed by atoms with Crippen LogP contribution < -0.4 is 4.74 Å². The fourth-order valence-electron chi connectivity index (χ4n) is 3.80. The molecule has 1 aliphatic rings. The van der Waals surface area contributed by atoms with E-state index in [9.17, 15) is 4.79 Å². The first-order chi connectivity index (χ1) is 13.8. The SMILES string of the molecule is O=C1c2c(ccc3ccccc23)OC(c2ccccc2)N1Cc1ccccc1. The summed E-state index contributed by atoms with van der Waals surface area (Å²) in [6.07, 6.45) is -0.456. The molecule has 4 aromatic carbocycles. The molecule has 1 unspecified atom stereocenters. The zero-order valence-corrected chi connectivity index (χ0v) is 15.3. The maximum absolute atomic E-state index is 13.7. The van der Waals surface area contributed by atoms with E-state index in [1.807, 2.05) is 102 Å². The number of benzene rings is 4. The van der Waals surface area contributed by atoms with E-state index in [-0.39, 0.29) is 5.91 Å². The molecule has 0 spiro atoms. The maximum atomic E-state index is 13.7. The summed E-state index contributed by atoms with van der Waals surface area (Å²) in [6.45, 7) is 0.488. The first kappa shape index (κ1) is 16.6. The summed E-state index contributed by atoms with van der Waals surface area (Å²) < 4.78 is 6.39. The van der Waals surface area contributed by atoms with Crippen LogP contribution in [0.4, 0.5) is 0 Å². The molecule has 1 heterocycles. The Kier molecular flexibility index (Phi) is 4.06. The van der Waals surface area contributed by atoms with Crippen LogP contribution in [0.2, 0.25) is 0 Å². The molecule has 136 valence electrons. The number of carbonyl (C=O) groups excluding carboxylic acids is 1. The first-order valence-electron chi connectivity index (χ1n) is 9.39. The summed E-state index contributed by atoms with van der Waals surface area (Å²) in [6, 6.07) is 31.8. The molecule has 0 saturated carbocycles. The van der Waals surface area contributed by atoms with E-state index in [1.54, 1.807) is 0 Å².